The van der Waals surface area contributed by atoms with Gasteiger partial charge in [0.2, 0.25) is 10.0 Å². The van der Waals surface area contributed by atoms with Gasteiger partial charge in [0.1, 0.15) is 0 Å². The predicted molar refractivity (Wildman–Crippen MR) is 73.1 cm³/mol. The molecular formula is C14H18N2O2S. The molecule has 0 aromatic heterocycles. The van der Waals surface area contributed by atoms with Gasteiger partial charge in [-0.2, -0.15) is 9.57 Å². The molecule has 0 aliphatic carbocycles. The van der Waals surface area contributed by atoms with Gasteiger partial charge in [0.25, 0.3) is 0 Å². The summed E-state index contributed by atoms with van der Waals surface area (Å²) < 4.78 is 27.0. The highest BCUT2D eigenvalue weighted by Crippen LogP contribution is 2.27. The van der Waals surface area contributed by atoms with Crippen LogP contribution in [0.2, 0.25) is 0 Å². The number of benzene rings is 1. The largest absolute Gasteiger partial charge is 0.243 e. The van der Waals surface area contributed by atoms with Crippen molar-refractivity contribution in [1.29, 1.82) is 5.26 Å². The second kappa shape index (κ2) is 5.32. The van der Waals surface area contributed by atoms with Crippen molar-refractivity contribution in [1.82, 2.24) is 4.31 Å². The van der Waals surface area contributed by atoms with E-state index in [4.69, 9.17) is 5.26 Å². The SMILES string of the molecule is Cc1ccc(C#N)cc1S(=O)(=O)N1CCCCC1C. The highest BCUT2D eigenvalue weighted by Gasteiger charge is 2.31. The van der Waals surface area contributed by atoms with Crippen molar-refractivity contribution in [2.24, 2.45) is 0 Å². The normalized spacial score (nSPS) is 21.0. The molecule has 1 saturated heterocycles. The van der Waals surface area contributed by atoms with Crippen LogP contribution in [0, 0.1) is 18.3 Å². The van der Waals surface area contributed by atoms with E-state index in [-0.39, 0.29) is 10.9 Å². The van der Waals surface area contributed by atoms with Crippen LogP contribution < -0.4 is 0 Å². The minimum absolute atomic E-state index is 0.0314. The average molecular weight is 278 g/mol. The van der Waals surface area contributed by atoms with Crippen LogP contribution in [0.3, 0.4) is 0 Å². The van der Waals surface area contributed by atoms with Gasteiger partial charge < -0.3 is 0 Å². The lowest BCUT2D eigenvalue weighted by Gasteiger charge is -2.32. The van der Waals surface area contributed by atoms with Crippen LogP contribution >= 0.6 is 0 Å². The van der Waals surface area contributed by atoms with E-state index >= 15 is 0 Å². The molecule has 1 aliphatic rings. The zero-order valence-corrected chi connectivity index (χ0v) is 12.1. The maximum atomic E-state index is 12.7. The van der Waals surface area contributed by atoms with Crippen LogP contribution in [0.5, 0.6) is 0 Å². The van der Waals surface area contributed by atoms with E-state index < -0.39 is 10.0 Å². The molecule has 0 radical (unpaired) electrons. The summed E-state index contributed by atoms with van der Waals surface area (Å²) in [5.74, 6) is 0. The van der Waals surface area contributed by atoms with Gasteiger partial charge in [0.15, 0.2) is 0 Å². The molecule has 0 bridgehead atoms. The van der Waals surface area contributed by atoms with Crippen molar-refractivity contribution in [3.8, 4) is 6.07 Å². The Morgan fingerprint density at radius 3 is 2.74 bits per heavy atom. The summed E-state index contributed by atoms with van der Waals surface area (Å²) >= 11 is 0. The van der Waals surface area contributed by atoms with Crippen molar-refractivity contribution in [2.45, 2.75) is 44.0 Å². The maximum absolute atomic E-state index is 12.7. The molecular weight excluding hydrogens is 260 g/mol. The Morgan fingerprint density at radius 2 is 2.11 bits per heavy atom. The van der Waals surface area contributed by atoms with Gasteiger partial charge in [-0.05, 0) is 44.4 Å². The highest BCUT2D eigenvalue weighted by atomic mass is 32.2. The molecule has 5 heteroatoms. The van der Waals surface area contributed by atoms with E-state index in [1.54, 1.807) is 23.4 Å². The van der Waals surface area contributed by atoms with Crippen molar-refractivity contribution < 1.29 is 8.42 Å². The molecule has 1 aliphatic heterocycles. The molecule has 19 heavy (non-hydrogen) atoms. The van der Waals surface area contributed by atoms with Crippen molar-refractivity contribution in [3.63, 3.8) is 0 Å². The predicted octanol–water partition coefficient (Wildman–Crippen LogP) is 2.43. The van der Waals surface area contributed by atoms with Gasteiger partial charge in [-0.3, -0.25) is 0 Å². The molecule has 0 spiro atoms. The van der Waals surface area contributed by atoms with E-state index in [9.17, 15) is 8.42 Å². The van der Waals surface area contributed by atoms with E-state index in [2.05, 4.69) is 0 Å². The van der Waals surface area contributed by atoms with Crippen LogP contribution in [0.1, 0.15) is 37.3 Å². The van der Waals surface area contributed by atoms with Crippen LogP contribution in [-0.4, -0.2) is 25.3 Å². The first kappa shape index (κ1) is 14.0. The van der Waals surface area contributed by atoms with Gasteiger partial charge in [0, 0.05) is 12.6 Å². The Labute approximate surface area is 114 Å². The number of sulfonamides is 1. The lowest BCUT2D eigenvalue weighted by molar-refractivity contribution is 0.268. The number of hydrogen-bond acceptors (Lipinski definition) is 3. The molecule has 1 aromatic carbocycles. The molecule has 0 amide bonds. The highest BCUT2D eigenvalue weighted by molar-refractivity contribution is 7.89. The number of rotatable bonds is 2. The lowest BCUT2D eigenvalue weighted by Crippen LogP contribution is -2.42. The number of aryl methyl sites for hydroxylation is 1. The standard InChI is InChI=1S/C14H18N2O2S/c1-11-6-7-13(10-15)9-14(11)19(17,18)16-8-4-3-5-12(16)2/h6-7,9,12H,3-5,8H2,1-2H3. The van der Waals surface area contributed by atoms with Crippen LogP contribution in [0.15, 0.2) is 23.1 Å². The quantitative estimate of drug-likeness (QED) is 0.834. The number of piperidine rings is 1. The Bertz CT molecular complexity index is 617. The van der Waals surface area contributed by atoms with Gasteiger partial charge >= 0.3 is 0 Å². The van der Waals surface area contributed by atoms with E-state index in [0.29, 0.717) is 17.7 Å². The van der Waals surface area contributed by atoms with Crippen LogP contribution in [0.25, 0.3) is 0 Å². The van der Waals surface area contributed by atoms with Gasteiger partial charge in [0.05, 0.1) is 16.5 Å². The second-order valence-corrected chi connectivity index (χ2v) is 6.91. The molecule has 1 heterocycles. The maximum Gasteiger partial charge on any atom is 0.243 e. The molecule has 1 atom stereocenters. The first-order valence-electron chi connectivity index (χ1n) is 6.49. The van der Waals surface area contributed by atoms with Crippen molar-refractivity contribution >= 4 is 10.0 Å². The Kier molecular flexibility index (Phi) is 3.93. The summed E-state index contributed by atoms with van der Waals surface area (Å²) in [7, 11) is -3.49. The fraction of sp³-hybridized carbons (Fsp3) is 0.500. The topological polar surface area (TPSA) is 61.2 Å². The Hall–Kier alpha value is -1.38. The summed E-state index contributed by atoms with van der Waals surface area (Å²) in [4.78, 5) is 0.264. The molecule has 4 nitrogen and oxygen atoms in total. The minimum atomic E-state index is -3.49. The minimum Gasteiger partial charge on any atom is -0.207 e. The molecule has 102 valence electrons. The van der Waals surface area contributed by atoms with Crippen molar-refractivity contribution in [2.75, 3.05) is 6.54 Å². The first-order chi connectivity index (χ1) is 8.96. The van der Waals surface area contributed by atoms with Gasteiger partial charge in [-0.15, -0.1) is 0 Å². The third-order valence-corrected chi connectivity index (χ3v) is 5.80. The van der Waals surface area contributed by atoms with E-state index in [0.717, 1.165) is 19.3 Å². The third-order valence-electron chi connectivity index (χ3n) is 3.65. The monoisotopic (exact) mass is 278 g/mol. The number of nitriles is 1. The summed E-state index contributed by atoms with van der Waals surface area (Å²) in [6.07, 6.45) is 2.88. The molecule has 0 N–H and O–H groups in total. The van der Waals surface area contributed by atoms with Crippen LogP contribution in [0.4, 0.5) is 0 Å². The first-order valence-corrected chi connectivity index (χ1v) is 7.93. The number of nitrogens with zero attached hydrogens (tertiary/aromatic N) is 2. The van der Waals surface area contributed by atoms with Crippen molar-refractivity contribution in [3.05, 3.63) is 29.3 Å². The Morgan fingerprint density at radius 1 is 1.37 bits per heavy atom. The fourth-order valence-electron chi connectivity index (χ4n) is 2.50. The molecule has 1 unspecified atom stereocenters. The van der Waals surface area contributed by atoms with Gasteiger partial charge in [-0.25, -0.2) is 8.42 Å². The third kappa shape index (κ3) is 2.65. The van der Waals surface area contributed by atoms with E-state index in [1.165, 1.54) is 6.07 Å². The Balaban J connectivity index is 2.47. The lowest BCUT2D eigenvalue weighted by atomic mass is 10.1. The fourth-order valence-corrected chi connectivity index (χ4v) is 4.45. The number of hydrogen-bond donors (Lipinski definition) is 0. The average Bonchev–Trinajstić information content (AvgIpc) is 2.39. The zero-order chi connectivity index (χ0) is 14.0. The second-order valence-electron chi connectivity index (χ2n) is 5.05. The zero-order valence-electron chi connectivity index (χ0n) is 11.3. The van der Waals surface area contributed by atoms with Crippen LogP contribution in [-0.2, 0) is 10.0 Å². The summed E-state index contributed by atoms with van der Waals surface area (Å²) in [5.41, 5.74) is 1.07. The molecule has 2 rings (SSSR count). The summed E-state index contributed by atoms with van der Waals surface area (Å²) in [6, 6.07) is 6.85. The smallest absolute Gasteiger partial charge is 0.207 e. The molecule has 1 fully saturated rings. The summed E-state index contributed by atoms with van der Waals surface area (Å²) in [5, 5.41) is 8.92. The summed E-state index contributed by atoms with van der Waals surface area (Å²) in [6.45, 7) is 4.28. The van der Waals surface area contributed by atoms with Gasteiger partial charge in [-0.1, -0.05) is 12.5 Å². The molecule has 0 saturated carbocycles. The molecule has 1 aromatic rings. The van der Waals surface area contributed by atoms with E-state index in [1.807, 2.05) is 13.0 Å².